The SMILES string of the molecule is CC1(C)CC(NCC(=O)N[C@@H](Cc2ccccc2)C(N)=O)CC(C)(C)N1[O]. The molecule has 1 heterocycles. The van der Waals surface area contributed by atoms with Crippen LogP contribution >= 0.6 is 0 Å². The summed E-state index contributed by atoms with van der Waals surface area (Å²) < 4.78 is 0. The van der Waals surface area contributed by atoms with E-state index in [1.54, 1.807) is 0 Å². The van der Waals surface area contributed by atoms with E-state index in [-0.39, 0.29) is 18.5 Å². The number of nitrogens with two attached hydrogens (primary N) is 1. The molecule has 1 atom stereocenters. The summed E-state index contributed by atoms with van der Waals surface area (Å²) in [4.78, 5) is 24.0. The van der Waals surface area contributed by atoms with Gasteiger partial charge in [0.2, 0.25) is 11.8 Å². The fraction of sp³-hybridized carbons (Fsp3) is 0.600. The number of hydroxylamine groups is 2. The number of carbonyl (C=O) groups excluding carboxylic acids is 2. The zero-order chi connectivity index (χ0) is 20.2. The van der Waals surface area contributed by atoms with Gasteiger partial charge in [0, 0.05) is 23.5 Å². The Balaban J connectivity index is 1.90. The van der Waals surface area contributed by atoms with Crippen LogP contribution in [0.4, 0.5) is 0 Å². The molecule has 1 aromatic rings. The van der Waals surface area contributed by atoms with Gasteiger partial charge in [0.25, 0.3) is 0 Å². The zero-order valence-electron chi connectivity index (χ0n) is 16.6. The Morgan fingerprint density at radius 2 is 1.70 bits per heavy atom. The van der Waals surface area contributed by atoms with Gasteiger partial charge < -0.3 is 16.4 Å². The summed E-state index contributed by atoms with van der Waals surface area (Å²) in [5.41, 5.74) is 5.37. The van der Waals surface area contributed by atoms with E-state index in [4.69, 9.17) is 5.73 Å². The highest BCUT2D eigenvalue weighted by Crippen LogP contribution is 2.36. The predicted octanol–water partition coefficient (Wildman–Crippen LogP) is 1.16. The lowest BCUT2D eigenvalue weighted by molar-refractivity contribution is -0.290. The van der Waals surface area contributed by atoms with Gasteiger partial charge in [-0.2, -0.15) is 0 Å². The van der Waals surface area contributed by atoms with Crippen molar-refractivity contribution in [1.29, 1.82) is 0 Å². The van der Waals surface area contributed by atoms with E-state index in [2.05, 4.69) is 10.6 Å². The Kier molecular flexibility index (Phi) is 6.62. The second kappa shape index (κ2) is 8.37. The first-order valence-corrected chi connectivity index (χ1v) is 9.35. The second-order valence-corrected chi connectivity index (χ2v) is 8.62. The summed E-state index contributed by atoms with van der Waals surface area (Å²) in [5.74, 6) is -0.843. The van der Waals surface area contributed by atoms with Gasteiger partial charge in [-0.1, -0.05) is 30.3 Å². The standard InChI is InChI=1S/C20H31N4O3/c1-19(2)11-15(12-20(3,4)24(19)27)22-13-17(25)23-16(18(21)26)10-14-8-6-5-7-9-14/h5-9,15-16,22H,10-13H2,1-4H3,(H2,21,26)(H,23,25)/t16-/m0/s1. The second-order valence-electron chi connectivity index (χ2n) is 8.62. The van der Waals surface area contributed by atoms with Crippen LogP contribution in [-0.4, -0.2) is 46.6 Å². The molecule has 2 rings (SSSR count). The van der Waals surface area contributed by atoms with E-state index in [1.807, 2.05) is 58.0 Å². The largest absolute Gasteiger partial charge is 0.368 e. The average molecular weight is 375 g/mol. The minimum Gasteiger partial charge on any atom is -0.368 e. The van der Waals surface area contributed by atoms with Crippen LogP contribution in [-0.2, 0) is 21.2 Å². The van der Waals surface area contributed by atoms with Gasteiger partial charge in [-0.05, 0) is 46.1 Å². The van der Waals surface area contributed by atoms with Crippen molar-refractivity contribution in [1.82, 2.24) is 15.7 Å². The fourth-order valence-corrected chi connectivity index (χ4v) is 3.96. The topological polar surface area (TPSA) is 107 Å². The van der Waals surface area contributed by atoms with Gasteiger partial charge in [0.05, 0.1) is 6.54 Å². The molecule has 7 heteroatoms. The van der Waals surface area contributed by atoms with Crippen LogP contribution in [0.15, 0.2) is 30.3 Å². The van der Waals surface area contributed by atoms with E-state index < -0.39 is 23.0 Å². The highest BCUT2D eigenvalue weighted by Gasteiger charge is 2.46. The molecule has 1 aromatic carbocycles. The van der Waals surface area contributed by atoms with Crippen molar-refractivity contribution in [2.75, 3.05) is 6.54 Å². The van der Waals surface area contributed by atoms with Gasteiger partial charge >= 0.3 is 0 Å². The van der Waals surface area contributed by atoms with Gasteiger partial charge in [-0.3, -0.25) is 9.59 Å². The van der Waals surface area contributed by atoms with Crippen LogP contribution in [0.2, 0.25) is 0 Å². The summed E-state index contributed by atoms with van der Waals surface area (Å²) in [6.07, 6.45) is 1.66. The number of nitrogens with zero attached hydrogens (tertiary/aromatic N) is 1. The summed E-state index contributed by atoms with van der Waals surface area (Å²) in [7, 11) is 0. The summed E-state index contributed by atoms with van der Waals surface area (Å²) >= 11 is 0. The Morgan fingerprint density at radius 3 is 2.22 bits per heavy atom. The molecule has 0 bridgehead atoms. The molecular weight excluding hydrogens is 344 g/mol. The number of hydrogen-bond acceptors (Lipinski definition) is 4. The number of benzene rings is 1. The van der Waals surface area contributed by atoms with Gasteiger partial charge in [-0.25, -0.2) is 0 Å². The molecule has 1 saturated heterocycles. The first kappa shape index (κ1) is 21.3. The first-order valence-electron chi connectivity index (χ1n) is 9.35. The highest BCUT2D eigenvalue weighted by molar-refractivity contribution is 5.87. The molecule has 4 N–H and O–H groups in total. The lowest BCUT2D eigenvalue weighted by Gasteiger charge is -2.50. The molecule has 0 unspecified atom stereocenters. The molecule has 0 aromatic heterocycles. The Bertz CT molecular complexity index is 642. The van der Waals surface area contributed by atoms with Crippen molar-refractivity contribution >= 4 is 11.8 Å². The average Bonchev–Trinajstić information content (AvgIpc) is 2.57. The maximum atomic E-state index is 12.4. The van der Waals surface area contributed by atoms with Crippen LogP contribution in [0.1, 0.15) is 46.1 Å². The number of amides is 2. The number of primary amides is 1. The summed E-state index contributed by atoms with van der Waals surface area (Å²) in [5, 5.41) is 19.5. The molecule has 1 aliphatic rings. The Hall–Kier alpha value is -1.96. The van der Waals surface area contributed by atoms with Crippen molar-refractivity contribution in [3.8, 4) is 0 Å². The fourth-order valence-electron chi connectivity index (χ4n) is 3.96. The molecule has 0 spiro atoms. The van der Waals surface area contributed by atoms with Crippen LogP contribution < -0.4 is 16.4 Å². The van der Waals surface area contributed by atoms with Crippen molar-refractivity contribution in [2.24, 2.45) is 5.73 Å². The van der Waals surface area contributed by atoms with Crippen LogP contribution in [0.5, 0.6) is 0 Å². The van der Waals surface area contributed by atoms with Crippen LogP contribution in [0.25, 0.3) is 0 Å². The third-order valence-electron chi connectivity index (χ3n) is 5.10. The first-order chi connectivity index (χ1) is 12.5. The monoisotopic (exact) mass is 375 g/mol. The summed E-state index contributed by atoms with van der Waals surface area (Å²) in [6, 6.07) is 8.72. The number of hydrogen-bond donors (Lipinski definition) is 3. The Morgan fingerprint density at radius 1 is 1.15 bits per heavy atom. The minimum absolute atomic E-state index is 0.0482. The third kappa shape index (κ3) is 5.76. The van der Waals surface area contributed by atoms with Gasteiger partial charge in [-0.15, -0.1) is 10.3 Å². The van der Waals surface area contributed by atoms with E-state index >= 15 is 0 Å². The minimum atomic E-state index is -0.752. The molecule has 1 fully saturated rings. The van der Waals surface area contributed by atoms with Crippen molar-refractivity contribution < 1.29 is 14.8 Å². The maximum absolute atomic E-state index is 12.4. The maximum Gasteiger partial charge on any atom is 0.240 e. The zero-order valence-corrected chi connectivity index (χ0v) is 16.6. The molecular formula is C20H31N4O3. The lowest BCUT2D eigenvalue weighted by atomic mass is 9.79. The highest BCUT2D eigenvalue weighted by atomic mass is 16.5. The van der Waals surface area contributed by atoms with Crippen molar-refractivity contribution in [3.05, 3.63) is 35.9 Å². The van der Waals surface area contributed by atoms with E-state index in [1.165, 1.54) is 0 Å². The van der Waals surface area contributed by atoms with E-state index in [0.29, 0.717) is 19.3 Å². The van der Waals surface area contributed by atoms with Crippen LogP contribution in [0, 0.1) is 0 Å². The summed E-state index contributed by atoms with van der Waals surface area (Å²) in [6.45, 7) is 7.74. The molecule has 0 saturated carbocycles. The number of rotatable bonds is 7. The van der Waals surface area contributed by atoms with E-state index in [9.17, 15) is 14.8 Å². The van der Waals surface area contributed by atoms with Gasteiger partial charge in [0.1, 0.15) is 6.04 Å². The smallest absolute Gasteiger partial charge is 0.240 e. The Labute approximate surface area is 161 Å². The van der Waals surface area contributed by atoms with Crippen molar-refractivity contribution in [3.63, 3.8) is 0 Å². The van der Waals surface area contributed by atoms with E-state index in [0.717, 1.165) is 10.6 Å². The molecule has 0 aliphatic carbocycles. The van der Waals surface area contributed by atoms with Gasteiger partial charge in [0.15, 0.2) is 0 Å². The van der Waals surface area contributed by atoms with Crippen molar-refractivity contribution in [2.45, 2.75) is 70.1 Å². The lowest BCUT2D eigenvalue weighted by Crippen LogP contribution is -2.62. The number of nitrogens with one attached hydrogen (secondary N) is 2. The third-order valence-corrected chi connectivity index (χ3v) is 5.10. The molecule has 149 valence electrons. The number of piperidine rings is 1. The predicted molar refractivity (Wildman–Crippen MR) is 103 cm³/mol. The van der Waals surface area contributed by atoms with Crippen LogP contribution in [0.3, 0.4) is 0 Å². The number of carbonyl (C=O) groups is 2. The molecule has 27 heavy (non-hydrogen) atoms. The molecule has 1 radical (unpaired) electrons. The molecule has 2 amide bonds. The quantitative estimate of drug-likeness (QED) is 0.664. The molecule has 7 nitrogen and oxygen atoms in total. The molecule has 1 aliphatic heterocycles. The normalized spacial score (nSPS) is 20.8.